The third kappa shape index (κ3) is 4.13. The van der Waals surface area contributed by atoms with Crippen LogP contribution in [0.3, 0.4) is 0 Å². The molecule has 0 aromatic heterocycles. The van der Waals surface area contributed by atoms with Gasteiger partial charge in [0.25, 0.3) is 9.84 Å². The second kappa shape index (κ2) is 7.32. The van der Waals surface area contributed by atoms with E-state index in [9.17, 15) is 30.8 Å². The summed E-state index contributed by atoms with van der Waals surface area (Å²) >= 11 is 0. The first-order valence-corrected chi connectivity index (χ1v) is 8.57. The van der Waals surface area contributed by atoms with Crippen molar-refractivity contribution in [3.63, 3.8) is 0 Å². The van der Waals surface area contributed by atoms with Gasteiger partial charge in [0.2, 0.25) is 5.91 Å². The molecule has 0 saturated heterocycles. The number of carbonyl (C=O) groups is 1. The number of benzene rings is 2. The highest BCUT2D eigenvalue weighted by atomic mass is 32.2. The van der Waals surface area contributed by atoms with Crippen molar-refractivity contribution in [2.24, 2.45) is 0 Å². The van der Waals surface area contributed by atoms with Crippen molar-refractivity contribution in [2.45, 2.75) is 16.8 Å². The van der Waals surface area contributed by atoms with Crippen molar-refractivity contribution in [3.05, 3.63) is 53.8 Å². The molecule has 26 heavy (non-hydrogen) atoms. The number of methoxy groups -OCH3 is 1. The Hall–Kier alpha value is -2.62. The van der Waals surface area contributed by atoms with Crippen LogP contribution in [0.15, 0.2) is 47.4 Å². The van der Waals surface area contributed by atoms with E-state index >= 15 is 0 Å². The molecular weight excluding hydrogens is 378 g/mol. The summed E-state index contributed by atoms with van der Waals surface area (Å²) in [6, 6.07) is 7.82. The van der Waals surface area contributed by atoms with Crippen molar-refractivity contribution in [1.82, 2.24) is 0 Å². The summed E-state index contributed by atoms with van der Waals surface area (Å²) in [7, 11) is -4.40. The van der Waals surface area contributed by atoms with E-state index in [1.54, 1.807) is 0 Å². The van der Waals surface area contributed by atoms with E-state index in [1.165, 1.54) is 25.3 Å². The molecule has 0 spiro atoms. The highest BCUT2D eigenvalue weighted by Crippen LogP contribution is 2.34. The standard InChI is InChI=1S/C16H13F4NO4S/c1-25-14-7-6-11(26(23,24)16(18,19)20)9-13(14)21-15(22)8-10-4-2-3-5-12(10)17/h2-7,9H,8H2,1H3,(H,21,22). The highest BCUT2D eigenvalue weighted by Gasteiger charge is 2.47. The predicted molar refractivity (Wildman–Crippen MR) is 85.0 cm³/mol. The van der Waals surface area contributed by atoms with E-state index in [0.29, 0.717) is 12.1 Å². The molecule has 10 heteroatoms. The number of anilines is 1. The molecule has 0 unspecified atom stereocenters. The van der Waals surface area contributed by atoms with Crippen molar-refractivity contribution < 1.29 is 35.5 Å². The fourth-order valence-corrected chi connectivity index (χ4v) is 2.88. The SMILES string of the molecule is COc1ccc(S(=O)(=O)C(F)(F)F)cc1NC(=O)Cc1ccccc1F. The fourth-order valence-electron chi connectivity index (χ4n) is 2.09. The minimum atomic E-state index is -5.59. The van der Waals surface area contributed by atoms with E-state index in [0.717, 1.165) is 12.1 Å². The van der Waals surface area contributed by atoms with Crippen LogP contribution in [-0.2, 0) is 21.1 Å². The Balaban J connectivity index is 2.32. The number of carbonyl (C=O) groups excluding carboxylic acids is 1. The third-order valence-electron chi connectivity index (χ3n) is 3.37. The molecule has 0 bridgehead atoms. The maximum atomic E-state index is 13.6. The maximum Gasteiger partial charge on any atom is 0.501 e. The average Bonchev–Trinajstić information content (AvgIpc) is 2.55. The van der Waals surface area contributed by atoms with Crippen LogP contribution in [0.4, 0.5) is 23.2 Å². The number of sulfone groups is 1. The number of hydrogen-bond donors (Lipinski definition) is 1. The smallest absolute Gasteiger partial charge is 0.495 e. The van der Waals surface area contributed by atoms with Gasteiger partial charge in [-0.05, 0) is 29.8 Å². The van der Waals surface area contributed by atoms with Gasteiger partial charge in [-0.25, -0.2) is 12.8 Å². The predicted octanol–water partition coefficient (Wildman–Crippen LogP) is 3.31. The molecule has 140 valence electrons. The lowest BCUT2D eigenvalue weighted by atomic mass is 10.1. The van der Waals surface area contributed by atoms with E-state index < -0.39 is 38.4 Å². The quantitative estimate of drug-likeness (QED) is 0.794. The van der Waals surface area contributed by atoms with Gasteiger partial charge in [0.15, 0.2) is 0 Å². The lowest BCUT2D eigenvalue weighted by Gasteiger charge is -2.13. The third-order valence-corrected chi connectivity index (χ3v) is 4.85. The van der Waals surface area contributed by atoms with Crippen LogP contribution in [0.25, 0.3) is 0 Å². The Labute approximate surface area is 146 Å². The summed E-state index contributed by atoms with van der Waals surface area (Å²) in [5.74, 6) is -1.43. The lowest BCUT2D eigenvalue weighted by molar-refractivity contribution is -0.115. The fraction of sp³-hybridized carbons (Fsp3) is 0.188. The molecule has 2 aromatic carbocycles. The van der Waals surface area contributed by atoms with Crippen LogP contribution in [0.2, 0.25) is 0 Å². The zero-order valence-electron chi connectivity index (χ0n) is 13.3. The van der Waals surface area contributed by atoms with E-state index in [1.807, 2.05) is 0 Å². The molecule has 0 atom stereocenters. The van der Waals surface area contributed by atoms with Gasteiger partial charge in [-0.15, -0.1) is 0 Å². The molecule has 1 amide bonds. The molecule has 0 fully saturated rings. The average molecular weight is 391 g/mol. The van der Waals surface area contributed by atoms with E-state index in [4.69, 9.17) is 4.74 Å². The number of ether oxygens (including phenoxy) is 1. The van der Waals surface area contributed by atoms with E-state index in [-0.39, 0.29) is 17.0 Å². The Bertz CT molecular complexity index is 926. The molecule has 2 rings (SSSR count). The largest absolute Gasteiger partial charge is 0.501 e. The maximum absolute atomic E-state index is 13.6. The van der Waals surface area contributed by atoms with Crippen LogP contribution in [0.1, 0.15) is 5.56 Å². The Morgan fingerprint density at radius 3 is 2.38 bits per heavy atom. The second-order valence-corrected chi connectivity index (χ2v) is 7.07. The summed E-state index contributed by atoms with van der Waals surface area (Å²) in [6.07, 6.45) is -0.397. The van der Waals surface area contributed by atoms with Gasteiger partial charge in [0, 0.05) is 0 Å². The van der Waals surface area contributed by atoms with Gasteiger partial charge >= 0.3 is 5.51 Å². The van der Waals surface area contributed by atoms with Gasteiger partial charge in [-0.2, -0.15) is 13.2 Å². The number of amides is 1. The van der Waals surface area contributed by atoms with Crippen molar-refractivity contribution in [3.8, 4) is 5.75 Å². The second-order valence-electron chi connectivity index (χ2n) is 5.13. The molecule has 1 N–H and O–H groups in total. The van der Waals surface area contributed by atoms with E-state index in [2.05, 4.69) is 5.32 Å². The molecule has 0 aliphatic carbocycles. The van der Waals surface area contributed by atoms with Gasteiger partial charge in [0.05, 0.1) is 24.1 Å². The minimum absolute atomic E-state index is 0.0481. The van der Waals surface area contributed by atoms with Crippen LogP contribution < -0.4 is 10.1 Å². The molecule has 0 aliphatic heterocycles. The first-order chi connectivity index (χ1) is 12.1. The molecular formula is C16H13F4NO4S. The monoisotopic (exact) mass is 391 g/mol. The number of halogens is 4. The first-order valence-electron chi connectivity index (χ1n) is 7.09. The Morgan fingerprint density at radius 1 is 1.15 bits per heavy atom. The lowest BCUT2D eigenvalue weighted by Crippen LogP contribution is -2.23. The highest BCUT2D eigenvalue weighted by molar-refractivity contribution is 7.92. The van der Waals surface area contributed by atoms with Crippen molar-refractivity contribution in [1.29, 1.82) is 0 Å². The molecule has 0 radical (unpaired) electrons. The summed E-state index contributed by atoms with van der Waals surface area (Å²) < 4.78 is 79.5. The Morgan fingerprint density at radius 2 is 1.81 bits per heavy atom. The van der Waals surface area contributed by atoms with Gasteiger partial charge < -0.3 is 10.1 Å². The summed E-state index contributed by atoms with van der Waals surface area (Å²) in [6.45, 7) is 0. The molecule has 5 nitrogen and oxygen atoms in total. The van der Waals surface area contributed by atoms with Gasteiger partial charge in [-0.3, -0.25) is 4.79 Å². The van der Waals surface area contributed by atoms with Crippen molar-refractivity contribution >= 4 is 21.4 Å². The van der Waals surface area contributed by atoms with Crippen LogP contribution >= 0.6 is 0 Å². The number of rotatable bonds is 5. The minimum Gasteiger partial charge on any atom is -0.495 e. The zero-order valence-corrected chi connectivity index (χ0v) is 14.1. The number of nitrogens with one attached hydrogen (secondary N) is 1. The van der Waals surface area contributed by atoms with Crippen LogP contribution in [0, 0.1) is 5.82 Å². The normalized spacial score (nSPS) is 11.9. The summed E-state index contributed by atoms with van der Waals surface area (Å²) in [5, 5.41) is 2.24. The molecule has 2 aromatic rings. The van der Waals surface area contributed by atoms with Gasteiger partial charge in [-0.1, -0.05) is 18.2 Å². The summed E-state index contributed by atoms with van der Waals surface area (Å²) in [5.41, 5.74) is -5.70. The van der Waals surface area contributed by atoms with Gasteiger partial charge in [0.1, 0.15) is 11.6 Å². The summed E-state index contributed by atoms with van der Waals surface area (Å²) in [4.78, 5) is 11.0. The number of alkyl halides is 3. The molecule has 0 aliphatic rings. The van der Waals surface area contributed by atoms with Crippen LogP contribution in [-0.4, -0.2) is 26.9 Å². The molecule has 0 saturated carbocycles. The molecule has 0 heterocycles. The topological polar surface area (TPSA) is 72.5 Å². The van der Waals surface area contributed by atoms with Crippen LogP contribution in [0.5, 0.6) is 5.75 Å². The number of hydrogen-bond acceptors (Lipinski definition) is 4. The zero-order chi connectivity index (χ0) is 19.5. The first kappa shape index (κ1) is 19.7. The Kier molecular flexibility index (Phi) is 5.55. The van der Waals surface area contributed by atoms with Crippen molar-refractivity contribution in [2.75, 3.05) is 12.4 Å².